The summed E-state index contributed by atoms with van der Waals surface area (Å²) in [6, 6.07) is 0.792. The van der Waals surface area contributed by atoms with E-state index in [1.165, 1.54) is 25.7 Å². The van der Waals surface area contributed by atoms with E-state index in [9.17, 15) is 0 Å². The van der Waals surface area contributed by atoms with Gasteiger partial charge in [0.1, 0.15) is 0 Å². The molecule has 2 aliphatic heterocycles. The third kappa shape index (κ3) is 3.99. The Bertz CT molecular complexity index is 827. The molecular weight excluding hydrogens is 514 g/mol. The minimum atomic E-state index is -2.16. The van der Waals surface area contributed by atoms with Crippen molar-refractivity contribution in [2.24, 2.45) is 10.8 Å². The molecule has 5 heteroatoms. The van der Waals surface area contributed by atoms with Crippen LogP contribution in [0.25, 0.3) is 0 Å². The molecule has 0 bridgehead atoms. The number of nitrogens with zero attached hydrogens (tertiary/aromatic N) is 1. The fourth-order valence-corrected chi connectivity index (χ4v) is 17.0. The number of hydrogen-bond donors (Lipinski definition) is 1. The van der Waals surface area contributed by atoms with Crippen LogP contribution in [0.1, 0.15) is 74.1 Å². The summed E-state index contributed by atoms with van der Waals surface area (Å²) in [6.07, 6.45) is 10.5. The molecule has 4 rings (SSSR count). The molecule has 0 amide bonds. The third-order valence-corrected chi connectivity index (χ3v) is 26.4. The molecule has 1 fully saturated rings. The van der Waals surface area contributed by atoms with Crippen LogP contribution >= 0.6 is 24.6 Å². The van der Waals surface area contributed by atoms with Gasteiger partial charge < -0.3 is 0 Å². The molecule has 2 aliphatic carbocycles. The Balaban J connectivity index is 1.86. The number of ether oxygens (including phenoxy) is 1. The number of rotatable bonds is 0. The van der Waals surface area contributed by atoms with Crippen LogP contribution in [0.2, 0.25) is 0 Å². The fraction of sp³-hybridized carbons (Fsp3) is 0.808. The monoisotopic (exact) mass is 560 g/mol. The number of fused-ring (bicyclic) bond motifs is 1. The number of hydrogen-bond acceptors (Lipinski definition) is 3. The molecule has 31 heavy (non-hydrogen) atoms. The van der Waals surface area contributed by atoms with Gasteiger partial charge in [-0.15, -0.1) is 0 Å². The minimum absolute atomic E-state index is 0.115. The van der Waals surface area contributed by atoms with Gasteiger partial charge in [0.2, 0.25) is 0 Å². The fourth-order valence-electron chi connectivity index (χ4n) is 5.99. The molecule has 0 aromatic heterocycles. The average molecular weight is 561 g/mol. The Hall–Kier alpha value is 0.390. The Morgan fingerprint density at radius 2 is 1.74 bits per heavy atom. The van der Waals surface area contributed by atoms with Gasteiger partial charge in [-0.05, 0) is 0 Å². The molecule has 4 atom stereocenters. The van der Waals surface area contributed by atoms with Crippen LogP contribution in [0.5, 0.6) is 0 Å². The van der Waals surface area contributed by atoms with Gasteiger partial charge in [-0.1, -0.05) is 0 Å². The Morgan fingerprint density at radius 1 is 1.10 bits per heavy atom. The molecule has 3 nitrogen and oxygen atoms in total. The summed E-state index contributed by atoms with van der Waals surface area (Å²) in [5, 5.41) is 4.60. The van der Waals surface area contributed by atoms with E-state index in [1.807, 2.05) is 0 Å². The molecule has 0 aromatic rings. The maximum atomic E-state index is 6.63. The Morgan fingerprint density at radius 3 is 2.35 bits per heavy atom. The summed E-state index contributed by atoms with van der Waals surface area (Å²) in [5.41, 5.74) is 3.90. The van der Waals surface area contributed by atoms with Gasteiger partial charge in [-0.2, -0.15) is 0 Å². The number of allylic oxidation sites excluding steroid dienone is 3. The van der Waals surface area contributed by atoms with Crippen molar-refractivity contribution in [2.75, 3.05) is 26.5 Å². The molecule has 2 unspecified atom stereocenters. The van der Waals surface area contributed by atoms with Crippen LogP contribution in [0, 0.1) is 10.8 Å². The topological polar surface area (TPSA) is 24.5 Å². The van der Waals surface area contributed by atoms with E-state index in [0.29, 0.717) is 17.5 Å². The van der Waals surface area contributed by atoms with Crippen molar-refractivity contribution in [2.45, 2.75) is 97.6 Å². The van der Waals surface area contributed by atoms with Crippen LogP contribution in [0.3, 0.4) is 0 Å². The first kappa shape index (κ1) is 24.5. The second kappa shape index (κ2) is 7.70. The quantitative estimate of drug-likeness (QED) is 0.203. The molecule has 0 radical (unpaired) electrons. The predicted molar refractivity (Wildman–Crippen MR) is 148 cm³/mol. The molecule has 1 saturated heterocycles. The molecule has 0 aromatic carbocycles. The third-order valence-electron chi connectivity index (χ3n) is 8.96. The van der Waals surface area contributed by atoms with Gasteiger partial charge in [0.15, 0.2) is 0 Å². The van der Waals surface area contributed by atoms with E-state index in [-0.39, 0.29) is 37.0 Å². The summed E-state index contributed by atoms with van der Waals surface area (Å²) in [5.74, 6) is 0. The molecule has 1 spiro atoms. The van der Waals surface area contributed by atoms with Crippen molar-refractivity contribution < 1.29 is 4.74 Å². The SMILES string of the molecule is C[C@@H]1NP(C)(C)(C(C)(C)C)I=CC2=CCCC23CCC=C3CN2C1OC[C@H]2C(C)(C)C. The first-order valence-electron chi connectivity index (χ1n) is 12.2. The molecule has 0 saturated carbocycles. The maximum absolute atomic E-state index is 6.63. The standard InChI is InChI=1S/C26H46IN2OP/c1-19-23-29(22(18-30-23)24(2,3)4)17-21-13-11-15-26(21)14-10-12-20(26)16-27-31(8,9,28-19)25(5,6)7/h12-13,16,19,22-23,28H,10-11,14-15,17-18H2,1-9H3/t19-,22-,23?,26?/m0/s1. The average Bonchev–Trinajstić information content (AvgIpc) is 3.31. The van der Waals surface area contributed by atoms with E-state index in [0.717, 1.165) is 13.2 Å². The van der Waals surface area contributed by atoms with E-state index in [1.54, 1.807) is 11.1 Å². The summed E-state index contributed by atoms with van der Waals surface area (Å²) >= 11 is -0.115. The first-order chi connectivity index (χ1) is 14.2. The van der Waals surface area contributed by atoms with Gasteiger partial charge >= 0.3 is 202 Å². The van der Waals surface area contributed by atoms with Crippen LogP contribution in [0.15, 0.2) is 23.3 Å². The zero-order valence-corrected chi connectivity index (χ0v) is 24.4. The summed E-state index contributed by atoms with van der Waals surface area (Å²) < 4.78 is 7.25. The zero-order valence-electron chi connectivity index (χ0n) is 21.4. The van der Waals surface area contributed by atoms with Crippen LogP contribution in [-0.2, 0) is 4.74 Å². The molecule has 178 valence electrons. The Labute approximate surface area is 200 Å². The van der Waals surface area contributed by atoms with E-state index in [4.69, 9.17) is 4.74 Å². The normalized spacial score (nSPS) is 39.6. The van der Waals surface area contributed by atoms with Crippen LogP contribution < -0.4 is 5.09 Å². The summed E-state index contributed by atoms with van der Waals surface area (Å²) in [4.78, 5) is 2.75. The van der Waals surface area contributed by atoms with Crippen molar-refractivity contribution in [3.05, 3.63) is 23.3 Å². The second-order valence-corrected chi connectivity index (χ2v) is 29.8. The van der Waals surface area contributed by atoms with Crippen molar-refractivity contribution in [1.29, 1.82) is 0 Å². The van der Waals surface area contributed by atoms with Crippen molar-refractivity contribution >= 4 is 28.6 Å². The summed E-state index contributed by atoms with van der Waals surface area (Å²) in [6.45, 7) is 24.2. The molecule has 1 N–H and O–H groups in total. The van der Waals surface area contributed by atoms with Crippen molar-refractivity contribution in [3.63, 3.8) is 0 Å². The van der Waals surface area contributed by atoms with Gasteiger partial charge in [0.05, 0.1) is 0 Å². The molecule has 4 aliphatic rings. The second-order valence-electron chi connectivity index (χ2n) is 13.1. The van der Waals surface area contributed by atoms with Crippen molar-refractivity contribution in [1.82, 2.24) is 9.99 Å². The first-order valence-corrected chi connectivity index (χ1v) is 19.4. The van der Waals surface area contributed by atoms with E-state index >= 15 is 0 Å². The van der Waals surface area contributed by atoms with Gasteiger partial charge in [-0.25, -0.2) is 0 Å². The number of halogens is 1. The number of nitrogens with one attached hydrogen (secondary N) is 1. The zero-order chi connectivity index (χ0) is 22.9. The van der Waals surface area contributed by atoms with Gasteiger partial charge in [0, 0.05) is 0 Å². The Kier molecular flexibility index (Phi) is 6.09. The molecular formula is C26H46IN2OP. The summed E-state index contributed by atoms with van der Waals surface area (Å²) in [7, 11) is 0. The van der Waals surface area contributed by atoms with E-state index < -0.39 is 4.40 Å². The van der Waals surface area contributed by atoms with E-state index in [2.05, 4.69) is 87.9 Å². The van der Waals surface area contributed by atoms with Crippen molar-refractivity contribution in [3.8, 4) is 0 Å². The van der Waals surface area contributed by atoms with Crippen LogP contribution in [0.4, 0.5) is 0 Å². The predicted octanol–water partition coefficient (Wildman–Crippen LogP) is 6.69. The van der Waals surface area contributed by atoms with Gasteiger partial charge in [0.25, 0.3) is 0 Å². The van der Waals surface area contributed by atoms with Crippen LogP contribution in [-0.4, -0.2) is 58.9 Å². The van der Waals surface area contributed by atoms with Gasteiger partial charge in [-0.3, -0.25) is 0 Å². The molecule has 2 heterocycles.